The third kappa shape index (κ3) is 3.53. The molecule has 18 heavy (non-hydrogen) atoms. The predicted octanol–water partition coefficient (Wildman–Crippen LogP) is 2.95. The second-order valence-electron chi connectivity index (χ2n) is 3.85. The van der Waals surface area contributed by atoms with Crippen molar-refractivity contribution in [2.24, 2.45) is 0 Å². The minimum absolute atomic E-state index is 0.115. The number of hydrogen-bond acceptors (Lipinski definition) is 1. The van der Waals surface area contributed by atoms with Crippen LogP contribution in [-0.4, -0.2) is 6.54 Å². The Morgan fingerprint density at radius 2 is 1.78 bits per heavy atom. The lowest BCUT2D eigenvalue weighted by Gasteiger charge is -2.06. The fourth-order valence-electron chi connectivity index (χ4n) is 1.56. The highest BCUT2D eigenvalue weighted by atomic mass is 19.1. The van der Waals surface area contributed by atoms with Gasteiger partial charge in [0.15, 0.2) is 5.82 Å². The van der Waals surface area contributed by atoms with E-state index < -0.39 is 11.6 Å². The van der Waals surface area contributed by atoms with Gasteiger partial charge in [-0.15, -0.1) is 0 Å². The number of benzene rings is 2. The quantitative estimate of drug-likeness (QED) is 0.638. The van der Waals surface area contributed by atoms with Crippen LogP contribution in [0.2, 0.25) is 0 Å². The van der Waals surface area contributed by atoms with Crippen LogP contribution in [0.4, 0.5) is 14.5 Å². The molecule has 0 aliphatic rings. The minimum atomic E-state index is -0.665. The first kappa shape index (κ1) is 12.5. The molecular weight excluding hydrogens is 234 g/mol. The Bertz CT molecular complexity index is 500. The maximum absolute atomic E-state index is 13.2. The van der Waals surface area contributed by atoms with Gasteiger partial charge in [0.2, 0.25) is 0 Å². The first-order valence-corrected chi connectivity index (χ1v) is 5.68. The fourth-order valence-corrected chi connectivity index (χ4v) is 1.56. The summed E-state index contributed by atoms with van der Waals surface area (Å²) in [5.74, 6) is -1.27. The van der Waals surface area contributed by atoms with Crippen LogP contribution < -0.4 is 10.9 Å². The summed E-state index contributed by atoms with van der Waals surface area (Å²) in [6.07, 6.45) is 0.799. The van der Waals surface area contributed by atoms with Gasteiger partial charge in [0.05, 0.1) is 0 Å². The van der Waals surface area contributed by atoms with Gasteiger partial charge in [0.1, 0.15) is 11.5 Å². The largest absolute Gasteiger partial charge is 0.213 e. The van der Waals surface area contributed by atoms with E-state index in [1.165, 1.54) is 17.7 Å². The monoisotopic (exact) mass is 247 g/mol. The fraction of sp³-hybridized carbons (Fsp3) is 0.143. The van der Waals surface area contributed by atoms with Crippen molar-refractivity contribution in [3.05, 3.63) is 65.7 Å². The van der Waals surface area contributed by atoms with Crippen molar-refractivity contribution in [3.8, 4) is 0 Å². The Balaban J connectivity index is 1.79. The standard InChI is InChI=1S/C14H13F2N2/c15-12-6-7-14(13(16)10-12)18-17-9-8-11-4-2-1-3-5-11/h1-7,10,17H,8-9H2. The van der Waals surface area contributed by atoms with E-state index in [0.29, 0.717) is 6.54 Å². The Kier molecular flexibility index (Phi) is 4.25. The summed E-state index contributed by atoms with van der Waals surface area (Å²) in [5.41, 5.74) is 7.94. The molecule has 0 amide bonds. The van der Waals surface area contributed by atoms with Crippen LogP contribution in [-0.2, 0) is 6.42 Å². The molecule has 0 unspecified atom stereocenters. The molecule has 4 heteroatoms. The van der Waals surface area contributed by atoms with Gasteiger partial charge in [-0.1, -0.05) is 30.3 Å². The molecule has 2 rings (SSSR count). The summed E-state index contributed by atoms with van der Waals surface area (Å²) < 4.78 is 25.9. The Morgan fingerprint density at radius 3 is 2.50 bits per heavy atom. The van der Waals surface area contributed by atoms with Gasteiger partial charge in [-0.05, 0) is 24.1 Å². The van der Waals surface area contributed by atoms with Crippen LogP contribution in [0.3, 0.4) is 0 Å². The van der Waals surface area contributed by atoms with Crippen molar-refractivity contribution in [1.82, 2.24) is 10.9 Å². The summed E-state index contributed by atoms with van der Waals surface area (Å²) in [6.45, 7) is 0.598. The van der Waals surface area contributed by atoms with E-state index in [1.54, 1.807) is 0 Å². The van der Waals surface area contributed by atoms with Crippen LogP contribution in [0.25, 0.3) is 0 Å². The van der Waals surface area contributed by atoms with E-state index in [1.807, 2.05) is 30.3 Å². The topological polar surface area (TPSA) is 26.1 Å². The number of halogens is 2. The third-order valence-corrected chi connectivity index (χ3v) is 2.48. The number of nitrogens with zero attached hydrogens (tertiary/aromatic N) is 1. The summed E-state index contributed by atoms with van der Waals surface area (Å²) in [7, 11) is 0. The van der Waals surface area contributed by atoms with E-state index >= 15 is 0 Å². The van der Waals surface area contributed by atoms with Crippen molar-refractivity contribution in [2.45, 2.75) is 6.42 Å². The Hall–Kier alpha value is -1.94. The molecule has 2 aromatic carbocycles. The molecule has 0 saturated heterocycles. The second kappa shape index (κ2) is 6.12. The average Bonchev–Trinajstić information content (AvgIpc) is 2.38. The zero-order valence-electron chi connectivity index (χ0n) is 9.74. The molecular formula is C14H13F2N2. The van der Waals surface area contributed by atoms with Crippen LogP contribution in [0.5, 0.6) is 0 Å². The van der Waals surface area contributed by atoms with Crippen molar-refractivity contribution >= 4 is 5.69 Å². The van der Waals surface area contributed by atoms with Gasteiger partial charge in [-0.25, -0.2) is 14.2 Å². The number of hydrogen-bond donors (Lipinski definition) is 1. The lowest BCUT2D eigenvalue weighted by atomic mass is 10.2. The minimum Gasteiger partial charge on any atom is -0.213 e. The summed E-state index contributed by atoms with van der Waals surface area (Å²) in [5, 5.41) is 0. The highest BCUT2D eigenvalue weighted by molar-refractivity contribution is 5.36. The Labute approximate surface area is 105 Å². The molecule has 0 bridgehead atoms. The lowest BCUT2D eigenvalue weighted by Crippen LogP contribution is -2.23. The van der Waals surface area contributed by atoms with Crippen LogP contribution in [0, 0.1) is 11.6 Å². The number of nitrogens with one attached hydrogen (secondary N) is 1. The maximum atomic E-state index is 13.2. The first-order valence-electron chi connectivity index (χ1n) is 5.68. The van der Waals surface area contributed by atoms with Gasteiger partial charge in [-0.3, -0.25) is 0 Å². The molecule has 0 fully saturated rings. The highest BCUT2D eigenvalue weighted by Gasteiger charge is 2.03. The molecule has 2 aromatic rings. The van der Waals surface area contributed by atoms with Crippen molar-refractivity contribution in [3.63, 3.8) is 0 Å². The molecule has 0 atom stereocenters. The third-order valence-electron chi connectivity index (χ3n) is 2.48. The van der Waals surface area contributed by atoms with E-state index in [0.717, 1.165) is 12.5 Å². The molecule has 93 valence electrons. The molecule has 0 saturated carbocycles. The zero-order valence-corrected chi connectivity index (χ0v) is 9.74. The maximum Gasteiger partial charge on any atom is 0.153 e. The Morgan fingerprint density at radius 1 is 1.00 bits per heavy atom. The molecule has 0 heterocycles. The van der Waals surface area contributed by atoms with Crippen molar-refractivity contribution in [2.75, 3.05) is 6.54 Å². The normalized spacial score (nSPS) is 10.3. The van der Waals surface area contributed by atoms with Gasteiger partial charge < -0.3 is 0 Å². The molecule has 1 N–H and O–H groups in total. The van der Waals surface area contributed by atoms with Crippen LogP contribution >= 0.6 is 0 Å². The van der Waals surface area contributed by atoms with Gasteiger partial charge in [-0.2, -0.15) is 5.43 Å². The molecule has 0 aliphatic heterocycles. The second-order valence-corrected chi connectivity index (χ2v) is 3.85. The zero-order chi connectivity index (χ0) is 12.8. The molecule has 0 spiro atoms. The summed E-state index contributed by atoms with van der Waals surface area (Å²) in [4.78, 5) is 0. The van der Waals surface area contributed by atoms with Crippen LogP contribution in [0.1, 0.15) is 5.56 Å². The van der Waals surface area contributed by atoms with E-state index in [9.17, 15) is 8.78 Å². The summed E-state index contributed by atoms with van der Waals surface area (Å²) >= 11 is 0. The molecule has 2 nitrogen and oxygen atoms in total. The van der Waals surface area contributed by atoms with E-state index in [4.69, 9.17) is 0 Å². The lowest BCUT2D eigenvalue weighted by molar-refractivity contribution is 0.554. The van der Waals surface area contributed by atoms with Crippen molar-refractivity contribution < 1.29 is 8.78 Å². The highest BCUT2D eigenvalue weighted by Crippen LogP contribution is 2.13. The number of rotatable bonds is 5. The summed E-state index contributed by atoms with van der Waals surface area (Å²) in [6, 6.07) is 13.2. The molecule has 0 aliphatic carbocycles. The molecule has 1 radical (unpaired) electrons. The van der Waals surface area contributed by atoms with Gasteiger partial charge >= 0.3 is 0 Å². The predicted molar refractivity (Wildman–Crippen MR) is 66.3 cm³/mol. The molecule has 0 aromatic heterocycles. The van der Waals surface area contributed by atoms with E-state index in [-0.39, 0.29) is 5.69 Å². The van der Waals surface area contributed by atoms with Crippen molar-refractivity contribution in [1.29, 1.82) is 0 Å². The van der Waals surface area contributed by atoms with Crippen LogP contribution in [0.15, 0.2) is 48.5 Å². The SMILES string of the molecule is Fc1ccc([N]NCCc2ccccc2)c(F)c1. The van der Waals surface area contributed by atoms with Gasteiger partial charge in [0.25, 0.3) is 0 Å². The van der Waals surface area contributed by atoms with Gasteiger partial charge in [0, 0.05) is 12.6 Å². The smallest absolute Gasteiger partial charge is 0.153 e. The first-order chi connectivity index (χ1) is 8.75. The average molecular weight is 247 g/mol. The van der Waals surface area contributed by atoms with E-state index in [2.05, 4.69) is 10.9 Å².